The molecule has 7 nitrogen and oxygen atoms in total. The minimum Gasteiger partial charge on any atom is -0.493 e. The molecule has 1 N–H and O–H groups in total. The number of aryl methyl sites for hydroxylation is 2. The summed E-state index contributed by atoms with van der Waals surface area (Å²) < 4.78 is 45.2. The second-order valence-electron chi connectivity index (χ2n) is 6.84. The fraction of sp³-hybridized carbons (Fsp3) is 0.273. The van der Waals surface area contributed by atoms with E-state index in [0.717, 1.165) is 29.7 Å². The summed E-state index contributed by atoms with van der Waals surface area (Å²) in [6.07, 6.45) is 1.43. The van der Waals surface area contributed by atoms with Crippen molar-refractivity contribution in [3.8, 4) is 11.5 Å². The number of carbonyl (C=O) groups excluding carboxylic acids is 2. The third-order valence-electron chi connectivity index (χ3n) is 4.82. The van der Waals surface area contributed by atoms with Crippen molar-refractivity contribution in [2.24, 2.45) is 0 Å². The molecule has 0 fully saturated rings. The van der Waals surface area contributed by atoms with Gasteiger partial charge in [-0.15, -0.1) is 0 Å². The zero-order valence-corrected chi connectivity index (χ0v) is 17.4. The van der Waals surface area contributed by atoms with E-state index in [1.54, 1.807) is 0 Å². The molecule has 1 aromatic heterocycles. The van der Waals surface area contributed by atoms with Crippen LogP contribution in [0.25, 0.3) is 11.0 Å². The molecule has 2 aromatic carbocycles. The Bertz CT molecular complexity index is 1140. The number of hydrogen-bond acceptors (Lipinski definition) is 6. The SMILES string of the molecule is COC(=O)c1cc(OC)c(OC(F)F)cc1NC(=O)Cc1coc2cc(C)c(C)cc12. The fourth-order valence-corrected chi connectivity index (χ4v) is 3.13. The van der Waals surface area contributed by atoms with Gasteiger partial charge in [0, 0.05) is 23.1 Å². The molecule has 9 heteroatoms. The van der Waals surface area contributed by atoms with Crippen molar-refractivity contribution in [2.75, 3.05) is 19.5 Å². The predicted octanol–water partition coefficient (Wildman–Crippen LogP) is 4.63. The highest BCUT2D eigenvalue weighted by Crippen LogP contribution is 2.35. The third kappa shape index (κ3) is 4.76. The second kappa shape index (κ2) is 9.03. The summed E-state index contributed by atoms with van der Waals surface area (Å²) in [5, 5.41) is 3.35. The molecule has 3 rings (SSSR count). The summed E-state index contributed by atoms with van der Waals surface area (Å²) in [4.78, 5) is 24.8. The number of methoxy groups -OCH3 is 2. The number of amides is 1. The zero-order chi connectivity index (χ0) is 22.7. The molecule has 0 bridgehead atoms. The standard InChI is InChI=1S/C22H21F2NO6/c1-11-5-14-13(10-30-17(14)6-12(11)2)7-20(26)25-16-9-19(31-22(23)24)18(28-3)8-15(16)21(27)29-4/h5-6,8-10,22H,7H2,1-4H3,(H,25,26). The van der Waals surface area contributed by atoms with Crippen molar-refractivity contribution in [2.45, 2.75) is 26.9 Å². The summed E-state index contributed by atoms with van der Waals surface area (Å²) in [7, 11) is 2.40. The van der Waals surface area contributed by atoms with Crippen molar-refractivity contribution in [3.63, 3.8) is 0 Å². The maximum Gasteiger partial charge on any atom is 0.387 e. The van der Waals surface area contributed by atoms with Crippen LogP contribution in [-0.4, -0.2) is 32.7 Å². The van der Waals surface area contributed by atoms with Gasteiger partial charge in [0.1, 0.15) is 5.58 Å². The Morgan fingerprint density at radius 3 is 2.42 bits per heavy atom. The molecule has 31 heavy (non-hydrogen) atoms. The third-order valence-corrected chi connectivity index (χ3v) is 4.82. The maximum absolute atomic E-state index is 12.8. The van der Waals surface area contributed by atoms with Gasteiger partial charge in [0.2, 0.25) is 5.91 Å². The predicted molar refractivity (Wildman–Crippen MR) is 109 cm³/mol. The molecule has 0 radical (unpaired) electrons. The number of benzene rings is 2. The van der Waals surface area contributed by atoms with Crippen LogP contribution in [0, 0.1) is 13.8 Å². The number of fused-ring (bicyclic) bond motifs is 1. The number of ether oxygens (including phenoxy) is 3. The molecule has 164 valence electrons. The van der Waals surface area contributed by atoms with Crippen LogP contribution in [0.2, 0.25) is 0 Å². The molecule has 1 heterocycles. The first-order valence-corrected chi connectivity index (χ1v) is 9.25. The summed E-state index contributed by atoms with van der Waals surface area (Å²) >= 11 is 0. The van der Waals surface area contributed by atoms with Crippen LogP contribution in [0.3, 0.4) is 0 Å². The van der Waals surface area contributed by atoms with E-state index in [0.29, 0.717) is 11.1 Å². The molecule has 0 aliphatic heterocycles. The molecule has 3 aromatic rings. The maximum atomic E-state index is 12.8. The molecule has 1 amide bonds. The van der Waals surface area contributed by atoms with Crippen LogP contribution in [-0.2, 0) is 16.0 Å². The topological polar surface area (TPSA) is 87.0 Å². The van der Waals surface area contributed by atoms with Gasteiger partial charge in [-0.2, -0.15) is 8.78 Å². The number of esters is 1. The molecule has 0 aliphatic rings. The van der Waals surface area contributed by atoms with Crippen LogP contribution in [0.5, 0.6) is 11.5 Å². The Hall–Kier alpha value is -3.62. The van der Waals surface area contributed by atoms with Crippen molar-refractivity contribution in [3.05, 3.63) is 52.8 Å². The van der Waals surface area contributed by atoms with Gasteiger partial charge in [-0.1, -0.05) is 0 Å². The monoisotopic (exact) mass is 433 g/mol. The van der Waals surface area contributed by atoms with Gasteiger partial charge >= 0.3 is 12.6 Å². The quantitative estimate of drug-likeness (QED) is 0.547. The van der Waals surface area contributed by atoms with E-state index in [9.17, 15) is 18.4 Å². The molecule has 0 saturated heterocycles. The van der Waals surface area contributed by atoms with Gasteiger partial charge in [0.25, 0.3) is 0 Å². The van der Waals surface area contributed by atoms with Crippen molar-refractivity contribution in [1.29, 1.82) is 0 Å². The first kappa shape index (κ1) is 22.1. The van der Waals surface area contributed by atoms with E-state index in [-0.39, 0.29) is 29.2 Å². The average molecular weight is 433 g/mol. The largest absolute Gasteiger partial charge is 0.493 e. The van der Waals surface area contributed by atoms with Gasteiger partial charge in [0.15, 0.2) is 11.5 Å². The van der Waals surface area contributed by atoms with Crippen molar-refractivity contribution >= 4 is 28.5 Å². The molecule has 0 unspecified atom stereocenters. The highest BCUT2D eigenvalue weighted by molar-refractivity contribution is 6.03. The van der Waals surface area contributed by atoms with Crippen LogP contribution >= 0.6 is 0 Å². The van der Waals surface area contributed by atoms with Crippen molar-refractivity contribution in [1.82, 2.24) is 0 Å². The first-order chi connectivity index (χ1) is 14.7. The molecule has 0 atom stereocenters. The highest BCUT2D eigenvalue weighted by Gasteiger charge is 2.21. The van der Waals surface area contributed by atoms with Crippen LogP contribution in [0.1, 0.15) is 27.0 Å². The Kier molecular flexibility index (Phi) is 6.43. The Balaban J connectivity index is 1.92. The Morgan fingerprint density at radius 2 is 1.77 bits per heavy atom. The highest BCUT2D eigenvalue weighted by atomic mass is 19.3. The lowest BCUT2D eigenvalue weighted by atomic mass is 10.0. The smallest absolute Gasteiger partial charge is 0.387 e. The number of rotatable bonds is 7. The number of hydrogen-bond donors (Lipinski definition) is 1. The van der Waals surface area contributed by atoms with Crippen LogP contribution in [0.15, 0.2) is 34.9 Å². The number of carbonyl (C=O) groups is 2. The molecular formula is C22H21F2NO6. The lowest BCUT2D eigenvalue weighted by Gasteiger charge is -2.15. The number of halogens is 2. The van der Waals surface area contributed by atoms with Gasteiger partial charge in [-0.3, -0.25) is 4.79 Å². The van der Waals surface area contributed by atoms with E-state index in [2.05, 4.69) is 10.1 Å². The van der Waals surface area contributed by atoms with Gasteiger partial charge in [0.05, 0.1) is 38.2 Å². The first-order valence-electron chi connectivity index (χ1n) is 9.25. The summed E-state index contributed by atoms with van der Waals surface area (Å²) in [6.45, 7) is 0.794. The van der Waals surface area contributed by atoms with E-state index in [1.165, 1.54) is 19.4 Å². The van der Waals surface area contributed by atoms with Gasteiger partial charge in [-0.25, -0.2) is 4.79 Å². The van der Waals surface area contributed by atoms with Crippen LogP contribution < -0.4 is 14.8 Å². The number of nitrogens with one attached hydrogen (secondary N) is 1. The minimum absolute atomic E-state index is 0.0480. The van der Waals surface area contributed by atoms with Gasteiger partial charge < -0.3 is 23.9 Å². The lowest BCUT2D eigenvalue weighted by molar-refractivity contribution is -0.115. The van der Waals surface area contributed by atoms with Gasteiger partial charge in [-0.05, 0) is 37.1 Å². The number of furan rings is 1. The fourth-order valence-electron chi connectivity index (χ4n) is 3.13. The second-order valence-corrected chi connectivity index (χ2v) is 6.84. The van der Waals surface area contributed by atoms with Crippen LogP contribution in [0.4, 0.5) is 14.5 Å². The van der Waals surface area contributed by atoms with E-state index < -0.39 is 18.5 Å². The normalized spacial score (nSPS) is 10.9. The lowest BCUT2D eigenvalue weighted by Crippen LogP contribution is -2.18. The van der Waals surface area contributed by atoms with E-state index >= 15 is 0 Å². The Labute approximate surface area is 176 Å². The Morgan fingerprint density at radius 1 is 1.06 bits per heavy atom. The summed E-state index contributed by atoms with van der Waals surface area (Å²) in [5.41, 5.74) is 3.29. The molecular weight excluding hydrogens is 412 g/mol. The van der Waals surface area contributed by atoms with E-state index in [4.69, 9.17) is 13.9 Å². The zero-order valence-electron chi connectivity index (χ0n) is 17.4. The minimum atomic E-state index is -3.12. The number of anilines is 1. The van der Waals surface area contributed by atoms with E-state index in [1.807, 2.05) is 26.0 Å². The molecule has 0 spiro atoms. The molecule has 0 saturated carbocycles. The average Bonchev–Trinajstić information content (AvgIpc) is 3.08. The number of alkyl halides is 2. The molecule has 0 aliphatic carbocycles. The summed E-state index contributed by atoms with van der Waals surface area (Å²) in [5.74, 6) is -1.71. The van der Waals surface area contributed by atoms with Crippen molar-refractivity contribution < 1.29 is 37.0 Å². The summed E-state index contributed by atoms with van der Waals surface area (Å²) in [6, 6.07) is 6.08.